The van der Waals surface area contributed by atoms with Gasteiger partial charge in [0.25, 0.3) is 5.91 Å². The van der Waals surface area contributed by atoms with E-state index in [1.165, 1.54) is 7.11 Å². The van der Waals surface area contributed by atoms with Crippen molar-refractivity contribution >= 4 is 33.4 Å². The molecule has 0 fully saturated rings. The lowest BCUT2D eigenvalue weighted by atomic mass is 10.1. The van der Waals surface area contributed by atoms with Crippen LogP contribution in [0.4, 0.5) is 0 Å². The van der Waals surface area contributed by atoms with E-state index >= 15 is 0 Å². The van der Waals surface area contributed by atoms with Crippen molar-refractivity contribution in [3.63, 3.8) is 0 Å². The van der Waals surface area contributed by atoms with E-state index in [0.29, 0.717) is 10.6 Å². The van der Waals surface area contributed by atoms with Crippen LogP contribution in [0.2, 0.25) is 5.02 Å². The molecule has 1 aromatic carbocycles. The zero-order valence-electron chi connectivity index (χ0n) is 10.2. The SMILES string of the molecule is COCC(C)(O)CNC(=O)c1cc(Br)ccc1Cl. The highest BCUT2D eigenvalue weighted by Gasteiger charge is 2.22. The molecule has 0 aliphatic heterocycles. The summed E-state index contributed by atoms with van der Waals surface area (Å²) in [4.78, 5) is 11.9. The third kappa shape index (κ3) is 4.57. The fourth-order valence-corrected chi connectivity index (χ4v) is 1.96. The summed E-state index contributed by atoms with van der Waals surface area (Å²) >= 11 is 9.21. The lowest BCUT2D eigenvalue weighted by Gasteiger charge is -2.22. The highest BCUT2D eigenvalue weighted by Crippen LogP contribution is 2.20. The Hall–Kier alpha value is -0.620. The summed E-state index contributed by atoms with van der Waals surface area (Å²) in [6.07, 6.45) is 0. The normalized spacial score (nSPS) is 14.1. The number of halogens is 2. The van der Waals surface area contributed by atoms with Crippen molar-refractivity contribution in [3.8, 4) is 0 Å². The number of benzene rings is 1. The van der Waals surface area contributed by atoms with Crippen LogP contribution in [-0.4, -0.2) is 36.9 Å². The van der Waals surface area contributed by atoms with Gasteiger partial charge in [-0.15, -0.1) is 0 Å². The number of aliphatic hydroxyl groups is 1. The topological polar surface area (TPSA) is 58.6 Å². The van der Waals surface area contributed by atoms with E-state index in [1.54, 1.807) is 25.1 Å². The molecule has 1 atom stereocenters. The van der Waals surface area contributed by atoms with E-state index in [1.807, 2.05) is 0 Å². The highest BCUT2D eigenvalue weighted by atomic mass is 79.9. The molecule has 0 saturated carbocycles. The molecule has 0 aliphatic carbocycles. The number of hydrogen-bond donors (Lipinski definition) is 2. The minimum atomic E-state index is -1.11. The van der Waals surface area contributed by atoms with Gasteiger partial charge in [-0.3, -0.25) is 4.79 Å². The molecule has 100 valence electrons. The monoisotopic (exact) mass is 335 g/mol. The Balaban J connectivity index is 2.69. The average Bonchev–Trinajstić information content (AvgIpc) is 2.29. The van der Waals surface area contributed by atoms with Gasteiger partial charge >= 0.3 is 0 Å². The van der Waals surface area contributed by atoms with Crippen molar-refractivity contribution in [3.05, 3.63) is 33.3 Å². The van der Waals surface area contributed by atoms with Crippen LogP contribution in [0.15, 0.2) is 22.7 Å². The molecule has 0 bridgehead atoms. The van der Waals surface area contributed by atoms with Crippen LogP contribution in [0.3, 0.4) is 0 Å². The molecule has 1 rings (SSSR count). The Morgan fingerprint density at radius 1 is 1.61 bits per heavy atom. The molecule has 0 spiro atoms. The first-order valence-electron chi connectivity index (χ1n) is 5.30. The lowest BCUT2D eigenvalue weighted by molar-refractivity contribution is -0.0147. The summed E-state index contributed by atoms with van der Waals surface area (Å²) in [5.74, 6) is -0.335. The quantitative estimate of drug-likeness (QED) is 0.867. The van der Waals surface area contributed by atoms with Gasteiger partial charge < -0.3 is 15.2 Å². The van der Waals surface area contributed by atoms with Crippen molar-refractivity contribution < 1.29 is 14.6 Å². The molecule has 0 heterocycles. The standard InChI is InChI=1S/C12H15BrClNO3/c1-12(17,7-18-2)6-15-11(16)9-5-8(13)3-4-10(9)14/h3-5,17H,6-7H2,1-2H3,(H,15,16). The maximum Gasteiger partial charge on any atom is 0.252 e. The predicted octanol–water partition coefficient (Wildman–Crippen LogP) is 2.23. The molecule has 1 amide bonds. The Morgan fingerprint density at radius 3 is 2.89 bits per heavy atom. The molecule has 0 saturated heterocycles. The first-order chi connectivity index (χ1) is 8.35. The molecule has 18 heavy (non-hydrogen) atoms. The van der Waals surface area contributed by atoms with Crippen molar-refractivity contribution in [2.24, 2.45) is 0 Å². The van der Waals surface area contributed by atoms with Crippen LogP contribution in [-0.2, 0) is 4.74 Å². The van der Waals surface area contributed by atoms with Gasteiger partial charge in [-0.25, -0.2) is 0 Å². The molecular formula is C12H15BrClNO3. The number of carbonyl (C=O) groups is 1. The molecule has 0 radical (unpaired) electrons. The van der Waals surface area contributed by atoms with Crippen LogP contribution in [0.1, 0.15) is 17.3 Å². The van der Waals surface area contributed by atoms with Crippen molar-refractivity contribution in [1.82, 2.24) is 5.32 Å². The first kappa shape index (κ1) is 15.4. The minimum absolute atomic E-state index is 0.0858. The fourth-order valence-electron chi connectivity index (χ4n) is 1.40. The summed E-state index contributed by atoms with van der Waals surface area (Å²) in [6.45, 7) is 1.81. The fraction of sp³-hybridized carbons (Fsp3) is 0.417. The molecule has 2 N–H and O–H groups in total. The number of methoxy groups -OCH3 is 1. The Bertz CT molecular complexity index is 437. The number of ether oxygens (including phenoxy) is 1. The Morgan fingerprint density at radius 2 is 2.28 bits per heavy atom. The molecule has 1 unspecified atom stereocenters. The Labute approximate surface area is 119 Å². The smallest absolute Gasteiger partial charge is 0.252 e. The number of rotatable bonds is 5. The molecule has 0 aliphatic rings. The van der Waals surface area contributed by atoms with Crippen LogP contribution in [0, 0.1) is 0 Å². The van der Waals surface area contributed by atoms with Crippen LogP contribution >= 0.6 is 27.5 Å². The minimum Gasteiger partial charge on any atom is -0.386 e. The number of hydrogen-bond acceptors (Lipinski definition) is 3. The molecule has 1 aromatic rings. The third-order valence-corrected chi connectivity index (χ3v) is 3.08. The van der Waals surface area contributed by atoms with Gasteiger partial charge in [-0.1, -0.05) is 27.5 Å². The van der Waals surface area contributed by atoms with Gasteiger partial charge in [0.05, 0.1) is 17.2 Å². The van der Waals surface area contributed by atoms with E-state index in [2.05, 4.69) is 21.2 Å². The number of nitrogens with one attached hydrogen (secondary N) is 1. The zero-order chi connectivity index (χ0) is 13.8. The summed E-state index contributed by atoms with van der Waals surface area (Å²) < 4.78 is 5.62. The van der Waals surface area contributed by atoms with Crippen molar-refractivity contribution in [2.75, 3.05) is 20.3 Å². The van der Waals surface area contributed by atoms with E-state index in [9.17, 15) is 9.90 Å². The van der Waals surface area contributed by atoms with Crippen LogP contribution in [0.5, 0.6) is 0 Å². The third-order valence-electron chi connectivity index (χ3n) is 2.26. The van der Waals surface area contributed by atoms with Gasteiger partial charge in [-0.2, -0.15) is 0 Å². The van der Waals surface area contributed by atoms with Gasteiger partial charge in [0.15, 0.2) is 0 Å². The molecule has 0 aromatic heterocycles. The molecular weight excluding hydrogens is 321 g/mol. The largest absolute Gasteiger partial charge is 0.386 e. The Kier molecular flexibility index (Phi) is 5.59. The average molecular weight is 337 g/mol. The van der Waals surface area contributed by atoms with E-state index in [-0.39, 0.29) is 19.1 Å². The van der Waals surface area contributed by atoms with E-state index in [4.69, 9.17) is 16.3 Å². The van der Waals surface area contributed by atoms with Crippen LogP contribution < -0.4 is 5.32 Å². The maximum absolute atomic E-state index is 11.9. The second-order valence-electron chi connectivity index (χ2n) is 4.24. The first-order valence-corrected chi connectivity index (χ1v) is 6.47. The summed E-state index contributed by atoms with van der Waals surface area (Å²) in [5.41, 5.74) is -0.748. The number of amides is 1. The molecule has 4 nitrogen and oxygen atoms in total. The lowest BCUT2D eigenvalue weighted by Crippen LogP contribution is -2.43. The van der Waals surface area contributed by atoms with Gasteiger partial charge in [0.1, 0.15) is 5.60 Å². The van der Waals surface area contributed by atoms with Gasteiger partial charge in [-0.05, 0) is 25.1 Å². The van der Waals surface area contributed by atoms with Gasteiger partial charge in [0, 0.05) is 18.1 Å². The van der Waals surface area contributed by atoms with Crippen molar-refractivity contribution in [1.29, 1.82) is 0 Å². The predicted molar refractivity (Wildman–Crippen MR) is 74.0 cm³/mol. The second kappa shape index (κ2) is 6.52. The zero-order valence-corrected chi connectivity index (χ0v) is 12.5. The second-order valence-corrected chi connectivity index (χ2v) is 5.56. The highest BCUT2D eigenvalue weighted by molar-refractivity contribution is 9.10. The van der Waals surface area contributed by atoms with E-state index in [0.717, 1.165) is 4.47 Å². The number of carbonyl (C=O) groups excluding carboxylic acids is 1. The van der Waals surface area contributed by atoms with Crippen LogP contribution in [0.25, 0.3) is 0 Å². The van der Waals surface area contributed by atoms with E-state index < -0.39 is 5.60 Å². The van der Waals surface area contributed by atoms with Crippen molar-refractivity contribution in [2.45, 2.75) is 12.5 Å². The van der Waals surface area contributed by atoms with Gasteiger partial charge in [0.2, 0.25) is 0 Å². The maximum atomic E-state index is 11.9. The summed E-state index contributed by atoms with van der Waals surface area (Å²) in [7, 11) is 1.49. The molecule has 6 heteroatoms. The summed E-state index contributed by atoms with van der Waals surface area (Å²) in [5, 5.41) is 12.8. The summed E-state index contributed by atoms with van der Waals surface area (Å²) in [6, 6.07) is 5.01.